The number of carbonyl (C=O) groups excluding carboxylic acids is 1. The minimum atomic E-state index is -0.113. The molecule has 2 aliphatic carbocycles. The molecule has 202 valence electrons. The number of nitrogens with zero attached hydrogens (tertiary/aromatic N) is 4. The van der Waals surface area contributed by atoms with Crippen LogP contribution in [0.2, 0.25) is 0 Å². The van der Waals surface area contributed by atoms with Gasteiger partial charge < -0.3 is 19.4 Å². The van der Waals surface area contributed by atoms with Crippen LogP contribution in [-0.4, -0.2) is 66.2 Å². The van der Waals surface area contributed by atoms with Gasteiger partial charge in [-0.15, -0.1) is 0 Å². The second-order valence-corrected chi connectivity index (χ2v) is 11.1. The van der Waals surface area contributed by atoms with Gasteiger partial charge in [0.2, 0.25) is 0 Å². The molecule has 0 spiro atoms. The summed E-state index contributed by atoms with van der Waals surface area (Å²) in [4.78, 5) is 26.5. The molecule has 38 heavy (non-hydrogen) atoms. The zero-order valence-electron chi connectivity index (χ0n) is 22.2. The summed E-state index contributed by atoms with van der Waals surface area (Å²) in [5.41, 5.74) is 2.91. The number of anilines is 1. The lowest BCUT2D eigenvalue weighted by atomic mass is 9.83. The van der Waals surface area contributed by atoms with Crippen molar-refractivity contribution in [1.82, 2.24) is 20.2 Å². The van der Waals surface area contributed by atoms with Gasteiger partial charge in [0, 0.05) is 36.3 Å². The van der Waals surface area contributed by atoms with Gasteiger partial charge in [0.05, 0.1) is 31.9 Å². The van der Waals surface area contributed by atoms with E-state index < -0.39 is 0 Å². The molecule has 5 aliphatic rings. The summed E-state index contributed by atoms with van der Waals surface area (Å²) >= 11 is 0. The topological polar surface area (TPSA) is 83.7 Å². The summed E-state index contributed by atoms with van der Waals surface area (Å²) in [5, 5.41) is 3.21. The fourth-order valence-electron chi connectivity index (χ4n) is 6.40. The maximum Gasteiger partial charge on any atom is 0.271 e. The SMILES string of the molecule is O=C(N[C@H]1CC[C@H](CCN2CCCCC2c2coc3cccc-3c2)CC1)c1cnc(N2CCOCC2)cn1. The third-order valence-electron chi connectivity index (χ3n) is 8.66. The number of likely N-dealkylation sites (tertiary alicyclic amines) is 1. The van der Waals surface area contributed by atoms with Crippen molar-refractivity contribution in [3.05, 3.63) is 54.2 Å². The summed E-state index contributed by atoms with van der Waals surface area (Å²) in [6.07, 6.45) is 14.7. The van der Waals surface area contributed by atoms with Crippen molar-refractivity contribution in [2.45, 2.75) is 63.5 Å². The quantitative estimate of drug-likeness (QED) is 0.476. The van der Waals surface area contributed by atoms with Crippen molar-refractivity contribution in [3.8, 4) is 11.3 Å². The van der Waals surface area contributed by atoms with Crippen molar-refractivity contribution in [2.75, 3.05) is 44.3 Å². The van der Waals surface area contributed by atoms with Crippen molar-refractivity contribution < 1.29 is 13.9 Å². The molecule has 4 heterocycles. The van der Waals surface area contributed by atoms with Crippen molar-refractivity contribution in [3.63, 3.8) is 0 Å². The Kier molecular flexibility index (Phi) is 7.88. The monoisotopic (exact) mass is 517 g/mol. The molecule has 1 unspecified atom stereocenters. The molecule has 3 aliphatic heterocycles. The molecule has 1 saturated carbocycles. The van der Waals surface area contributed by atoms with Crippen LogP contribution < -0.4 is 10.2 Å². The Morgan fingerprint density at radius 3 is 2.68 bits per heavy atom. The highest BCUT2D eigenvalue weighted by Gasteiger charge is 2.28. The molecule has 2 saturated heterocycles. The maximum absolute atomic E-state index is 12.8. The molecule has 6 rings (SSSR count). The average molecular weight is 518 g/mol. The molecule has 0 aromatic carbocycles. The first kappa shape index (κ1) is 25.3. The van der Waals surface area contributed by atoms with Crippen LogP contribution in [-0.2, 0) is 4.74 Å². The molecule has 3 fully saturated rings. The average Bonchev–Trinajstić information content (AvgIpc) is 3.46. The van der Waals surface area contributed by atoms with E-state index in [2.05, 4.69) is 43.3 Å². The van der Waals surface area contributed by atoms with Crippen LogP contribution in [0.3, 0.4) is 0 Å². The minimum absolute atomic E-state index is 0.113. The van der Waals surface area contributed by atoms with E-state index in [-0.39, 0.29) is 11.9 Å². The highest BCUT2D eigenvalue weighted by molar-refractivity contribution is 5.92. The number of rotatable bonds is 7. The van der Waals surface area contributed by atoms with Gasteiger partial charge in [0.15, 0.2) is 0 Å². The first-order valence-electron chi connectivity index (χ1n) is 14.4. The number of hydrogen-bond acceptors (Lipinski definition) is 7. The Labute approximate surface area is 225 Å². The Balaban J connectivity index is 0.965. The fraction of sp³-hybridized carbons (Fsp3) is 0.567. The van der Waals surface area contributed by atoms with Crippen LogP contribution in [0, 0.1) is 5.92 Å². The standard InChI is InChI=1S/C30H39N5O3/c36-30(26-19-32-29(20-31-26)35-14-16-37-17-15-35)33-25-9-7-22(8-10-25)11-13-34-12-2-1-5-27(34)24-18-23-4-3-6-28(23)38-21-24/h3-4,6,18-22,25,27H,1-2,5,7-17H2,(H,33,36)/t22-,25-,27?. The molecule has 8 nitrogen and oxygen atoms in total. The number of hydrogen-bond donors (Lipinski definition) is 1. The van der Waals surface area contributed by atoms with Crippen LogP contribution in [0.25, 0.3) is 11.3 Å². The number of fused-ring (bicyclic) bond motifs is 1. The molecule has 1 atom stereocenters. The zero-order valence-corrected chi connectivity index (χ0v) is 22.2. The van der Waals surface area contributed by atoms with Crippen LogP contribution >= 0.6 is 0 Å². The number of piperidine rings is 1. The first-order chi connectivity index (χ1) is 18.7. The molecule has 0 radical (unpaired) electrons. The second kappa shape index (κ2) is 11.8. The Bertz CT molecular complexity index is 1150. The summed E-state index contributed by atoms with van der Waals surface area (Å²) in [6.45, 7) is 5.32. The predicted octanol–water partition coefficient (Wildman–Crippen LogP) is 4.92. The van der Waals surface area contributed by atoms with E-state index in [9.17, 15) is 4.79 Å². The summed E-state index contributed by atoms with van der Waals surface area (Å²) in [5.74, 6) is 2.39. The van der Waals surface area contributed by atoms with E-state index in [4.69, 9.17) is 9.15 Å². The predicted molar refractivity (Wildman–Crippen MR) is 146 cm³/mol. The van der Waals surface area contributed by atoms with Gasteiger partial charge >= 0.3 is 0 Å². The highest BCUT2D eigenvalue weighted by atomic mass is 16.5. The van der Waals surface area contributed by atoms with E-state index in [1.54, 1.807) is 12.4 Å². The smallest absolute Gasteiger partial charge is 0.271 e. The van der Waals surface area contributed by atoms with E-state index in [0.717, 1.165) is 50.0 Å². The van der Waals surface area contributed by atoms with Gasteiger partial charge in [0.1, 0.15) is 17.3 Å². The summed E-state index contributed by atoms with van der Waals surface area (Å²) in [7, 11) is 0. The fourth-order valence-corrected chi connectivity index (χ4v) is 6.40. The third-order valence-corrected chi connectivity index (χ3v) is 8.66. The summed E-state index contributed by atoms with van der Waals surface area (Å²) in [6, 6.07) is 9.23. The number of ether oxygens (including phenoxy) is 1. The molecular formula is C30H39N5O3. The number of nitrogens with one attached hydrogen (secondary N) is 1. The number of amides is 1. The highest BCUT2D eigenvalue weighted by Crippen LogP contribution is 2.36. The van der Waals surface area contributed by atoms with Crippen molar-refractivity contribution >= 4 is 11.7 Å². The molecule has 8 heteroatoms. The van der Waals surface area contributed by atoms with Crippen LogP contribution in [0.4, 0.5) is 5.82 Å². The third kappa shape index (κ3) is 5.86. The number of morpholine rings is 1. The number of carbonyl (C=O) groups is 1. The maximum atomic E-state index is 12.8. The normalized spacial score (nSPS) is 24.9. The lowest BCUT2D eigenvalue weighted by molar-refractivity contribution is 0.0910. The van der Waals surface area contributed by atoms with Crippen molar-refractivity contribution in [1.29, 1.82) is 0 Å². The van der Waals surface area contributed by atoms with Gasteiger partial charge in [0.25, 0.3) is 5.91 Å². The Morgan fingerprint density at radius 2 is 1.87 bits per heavy atom. The van der Waals surface area contributed by atoms with E-state index in [1.165, 1.54) is 56.2 Å². The van der Waals surface area contributed by atoms with Gasteiger partial charge in [-0.2, -0.15) is 0 Å². The lowest BCUT2D eigenvalue weighted by Gasteiger charge is -2.37. The summed E-state index contributed by atoms with van der Waals surface area (Å²) < 4.78 is 11.3. The van der Waals surface area contributed by atoms with E-state index in [0.29, 0.717) is 24.9 Å². The molecule has 1 N–H and O–H groups in total. The Morgan fingerprint density at radius 1 is 1.00 bits per heavy atom. The second-order valence-electron chi connectivity index (χ2n) is 11.1. The number of aromatic nitrogens is 2. The molecule has 0 bridgehead atoms. The molecule has 1 amide bonds. The van der Waals surface area contributed by atoms with Gasteiger partial charge in [-0.1, -0.05) is 18.6 Å². The first-order valence-corrected chi connectivity index (χ1v) is 14.4. The molecular weight excluding hydrogens is 478 g/mol. The van der Waals surface area contributed by atoms with Gasteiger partial charge in [-0.25, -0.2) is 9.97 Å². The zero-order chi connectivity index (χ0) is 25.7. The van der Waals surface area contributed by atoms with Crippen molar-refractivity contribution in [2.24, 2.45) is 5.92 Å². The minimum Gasteiger partial charge on any atom is -0.464 e. The van der Waals surface area contributed by atoms with Crippen LogP contribution in [0.5, 0.6) is 0 Å². The van der Waals surface area contributed by atoms with Crippen LogP contribution in [0.1, 0.15) is 73.5 Å². The Hall–Kier alpha value is -2.97. The lowest BCUT2D eigenvalue weighted by Crippen LogP contribution is -2.39. The van der Waals surface area contributed by atoms with Gasteiger partial charge in [-0.05, 0) is 76.1 Å². The van der Waals surface area contributed by atoms with Gasteiger partial charge in [-0.3, -0.25) is 9.69 Å². The van der Waals surface area contributed by atoms with E-state index in [1.807, 2.05) is 12.3 Å². The molecule has 1 aromatic rings. The molecule has 1 aromatic heterocycles. The van der Waals surface area contributed by atoms with E-state index >= 15 is 0 Å². The largest absolute Gasteiger partial charge is 0.464 e. The van der Waals surface area contributed by atoms with Crippen LogP contribution in [0.15, 0.2) is 47.3 Å².